The fourth-order valence-electron chi connectivity index (χ4n) is 1.28. The third-order valence-electron chi connectivity index (χ3n) is 2.16. The van der Waals surface area contributed by atoms with E-state index in [1.165, 1.54) is 11.8 Å². The first-order valence-electron chi connectivity index (χ1n) is 4.64. The van der Waals surface area contributed by atoms with Crippen molar-refractivity contribution in [1.82, 2.24) is 5.01 Å². The Morgan fingerprint density at radius 2 is 2.06 bits per heavy atom. The van der Waals surface area contributed by atoms with Gasteiger partial charge in [0.1, 0.15) is 0 Å². The van der Waals surface area contributed by atoms with Crippen LogP contribution in [0.3, 0.4) is 0 Å². The number of nitrogens with zero attached hydrogens (tertiary/aromatic N) is 2. The topological polar surface area (TPSA) is 70.1 Å². The van der Waals surface area contributed by atoms with Gasteiger partial charge in [-0.3, -0.25) is 4.79 Å². The van der Waals surface area contributed by atoms with Crippen LogP contribution in [-0.2, 0) is 4.79 Å². The smallest absolute Gasteiger partial charge is 0.267 e. The Morgan fingerprint density at radius 1 is 1.41 bits per heavy atom. The fourth-order valence-corrected chi connectivity index (χ4v) is 2.39. The fraction of sp³-hybridized carbons (Fsp3) is 0. The summed E-state index contributed by atoms with van der Waals surface area (Å²) in [5.74, 6) is 5.15. The summed E-state index contributed by atoms with van der Waals surface area (Å²) < 4.78 is 0.342. The van der Waals surface area contributed by atoms with Crippen LogP contribution in [0.25, 0.3) is 6.08 Å². The minimum atomic E-state index is -0.302. The number of benzene rings is 1. The second-order valence-corrected chi connectivity index (χ2v) is 4.96. The number of carbonyl (C=O) groups is 1. The van der Waals surface area contributed by atoms with Gasteiger partial charge >= 0.3 is 0 Å². The highest BCUT2D eigenvalue weighted by Crippen LogP contribution is 2.30. The maximum Gasteiger partial charge on any atom is 0.280 e. The van der Waals surface area contributed by atoms with E-state index in [-0.39, 0.29) is 5.91 Å². The zero-order valence-corrected chi connectivity index (χ0v) is 10.2. The molecule has 0 unspecified atom stereocenters. The SMILES string of the molecule is N#Cc1ccc(/C=C2/SC(=S)N(N)C2=O)cc1. The van der Waals surface area contributed by atoms with E-state index in [9.17, 15) is 4.79 Å². The number of amides is 1. The molecule has 1 aliphatic rings. The molecule has 1 aromatic carbocycles. The number of hydrogen-bond donors (Lipinski definition) is 1. The first-order chi connectivity index (χ1) is 8.11. The summed E-state index contributed by atoms with van der Waals surface area (Å²) in [5.41, 5.74) is 1.41. The molecular formula is C11H7N3OS2. The van der Waals surface area contributed by atoms with E-state index in [2.05, 4.69) is 0 Å². The molecule has 2 N–H and O–H groups in total. The lowest BCUT2D eigenvalue weighted by Gasteiger charge is -2.02. The molecule has 0 radical (unpaired) electrons. The average Bonchev–Trinajstić information content (AvgIpc) is 2.58. The quantitative estimate of drug-likeness (QED) is 0.360. The maximum absolute atomic E-state index is 11.6. The van der Waals surface area contributed by atoms with Crippen LogP contribution in [0.1, 0.15) is 11.1 Å². The van der Waals surface area contributed by atoms with Crippen LogP contribution in [0, 0.1) is 11.3 Å². The molecule has 1 amide bonds. The van der Waals surface area contributed by atoms with E-state index in [0.717, 1.165) is 10.6 Å². The Morgan fingerprint density at radius 3 is 2.53 bits per heavy atom. The van der Waals surface area contributed by atoms with E-state index in [1.54, 1.807) is 30.3 Å². The molecule has 4 nitrogen and oxygen atoms in total. The van der Waals surface area contributed by atoms with Crippen molar-refractivity contribution in [2.75, 3.05) is 0 Å². The average molecular weight is 261 g/mol. The van der Waals surface area contributed by atoms with Gasteiger partial charge in [0.05, 0.1) is 16.5 Å². The number of rotatable bonds is 1. The summed E-state index contributed by atoms with van der Waals surface area (Å²) in [7, 11) is 0. The summed E-state index contributed by atoms with van der Waals surface area (Å²) in [4.78, 5) is 12.1. The lowest BCUT2D eigenvalue weighted by molar-refractivity contribution is -0.122. The van der Waals surface area contributed by atoms with Gasteiger partial charge in [-0.2, -0.15) is 5.26 Å². The maximum atomic E-state index is 11.6. The molecule has 0 saturated carbocycles. The molecule has 84 valence electrons. The summed E-state index contributed by atoms with van der Waals surface area (Å²) in [6.45, 7) is 0. The molecule has 2 rings (SSSR count). The highest BCUT2D eigenvalue weighted by atomic mass is 32.2. The number of hydrogen-bond acceptors (Lipinski definition) is 5. The number of thioether (sulfide) groups is 1. The predicted molar refractivity (Wildman–Crippen MR) is 70.4 cm³/mol. The number of thiocarbonyl (C=S) groups is 1. The molecule has 17 heavy (non-hydrogen) atoms. The van der Waals surface area contributed by atoms with E-state index < -0.39 is 0 Å². The summed E-state index contributed by atoms with van der Waals surface area (Å²) >= 11 is 6.08. The molecule has 0 spiro atoms. The lowest BCUT2D eigenvalue weighted by Crippen LogP contribution is -2.34. The zero-order chi connectivity index (χ0) is 12.4. The highest BCUT2D eigenvalue weighted by Gasteiger charge is 2.29. The van der Waals surface area contributed by atoms with Crippen LogP contribution in [0.2, 0.25) is 0 Å². The summed E-state index contributed by atoms with van der Waals surface area (Å²) in [6, 6.07) is 8.94. The summed E-state index contributed by atoms with van der Waals surface area (Å²) in [6.07, 6.45) is 1.70. The Labute approximate surface area is 108 Å². The van der Waals surface area contributed by atoms with Crippen molar-refractivity contribution in [2.24, 2.45) is 5.84 Å². The van der Waals surface area contributed by atoms with Gasteiger partial charge < -0.3 is 0 Å². The lowest BCUT2D eigenvalue weighted by atomic mass is 10.1. The number of hydrazine groups is 1. The third-order valence-corrected chi connectivity index (χ3v) is 3.49. The molecule has 1 saturated heterocycles. The van der Waals surface area contributed by atoms with Gasteiger partial charge in [-0.15, -0.1) is 0 Å². The molecule has 1 fully saturated rings. The van der Waals surface area contributed by atoms with Crippen LogP contribution >= 0.6 is 24.0 Å². The molecule has 0 atom stereocenters. The number of nitriles is 1. The zero-order valence-electron chi connectivity index (χ0n) is 8.58. The number of carbonyl (C=O) groups excluding carboxylic acids is 1. The standard InChI is InChI=1S/C11H7N3OS2/c12-6-8-3-1-7(2-4-8)5-9-10(15)14(13)11(16)17-9/h1-5H,13H2/b9-5+. The molecule has 0 bridgehead atoms. The highest BCUT2D eigenvalue weighted by molar-refractivity contribution is 8.26. The van der Waals surface area contributed by atoms with Crippen molar-refractivity contribution >= 4 is 40.3 Å². The van der Waals surface area contributed by atoms with Crippen LogP contribution in [0.5, 0.6) is 0 Å². The molecule has 1 aromatic rings. The van der Waals surface area contributed by atoms with E-state index >= 15 is 0 Å². The Bertz CT molecular complexity index is 557. The van der Waals surface area contributed by atoms with E-state index in [4.69, 9.17) is 23.3 Å². The van der Waals surface area contributed by atoms with E-state index in [1.807, 2.05) is 6.07 Å². The molecule has 0 aromatic heterocycles. The van der Waals surface area contributed by atoms with Gasteiger partial charge in [0, 0.05) is 0 Å². The second kappa shape index (κ2) is 4.67. The molecule has 1 heterocycles. The predicted octanol–water partition coefficient (Wildman–Crippen LogP) is 1.63. The van der Waals surface area contributed by atoms with Crippen molar-refractivity contribution < 1.29 is 4.79 Å². The molecule has 0 aliphatic carbocycles. The van der Waals surface area contributed by atoms with Gasteiger partial charge in [0.25, 0.3) is 5.91 Å². The van der Waals surface area contributed by atoms with Crippen molar-refractivity contribution in [3.63, 3.8) is 0 Å². The van der Waals surface area contributed by atoms with Gasteiger partial charge in [-0.25, -0.2) is 10.9 Å². The Kier molecular flexibility index (Phi) is 3.24. The largest absolute Gasteiger partial charge is 0.280 e. The van der Waals surface area contributed by atoms with Crippen LogP contribution in [0.4, 0.5) is 0 Å². The molecule has 6 heteroatoms. The number of nitrogens with two attached hydrogens (primary N) is 1. The molecule has 1 aliphatic heterocycles. The van der Waals surface area contributed by atoms with Crippen molar-refractivity contribution in [1.29, 1.82) is 5.26 Å². The van der Waals surface area contributed by atoms with E-state index in [0.29, 0.717) is 14.8 Å². The Balaban J connectivity index is 2.28. The monoisotopic (exact) mass is 261 g/mol. The van der Waals surface area contributed by atoms with Crippen molar-refractivity contribution in [2.45, 2.75) is 0 Å². The minimum absolute atomic E-state index is 0.302. The van der Waals surface area contributed by atoms with Crippen LogP contribution < -0.4 is 5.84 Å². The van der Waals surface area contributed by atoms with Gasteiger partial charge in [0.15, 0.2) is 4.32 Å². The summed E-state index contributed by atoms with van der Waals surface area (Å²) in [5, 5.41) is 9.61. The van der Waals surface area contributed by atoms with Crippen molar-refractivity contribution in [3.05, 3.63) is 40.3 Å². The van der Waals surface area contributed by atoms with Gasteiger partial charge in [-0.05, 0) is 23.8 Å². The normalized spacial score (nSPS) is 17.6. The Hall–Kier alpha value is -1.68. The first kappa shape index (κ1) is 11.8. The molecular weight excluding hydrogens is 254 g/mol. The van der Waals surface area contributed by atoms with Crippen molar-refractivity contribution in [3.8, 4) is 6.07 Å². The third kappa shape index (κ3) is 2.36. The van der Waals surface area contributed by atoms with Gasteiger partial charge in [0.2, 0.25) is 0 Å². The van der Waals surface area contributed by atoms with Crippen LogP contribution in [-0.4, -0.2) is 15.2 Å². The first-order valence-corrected chi connectivity index (χ1v) is 5.87. The minimum Gasteiger partial charge on any atom is -0.267 e. The van der Waals surface area contributed by atoms with Gasteiger partial charge in [-0.1, -0.05) is 36.1 Å². The van der Waals surface area contributed by atoms with Crippen LogP contribution in [0.15, 0.2) is 29.2 Å². The second-order valence-electron chi connectivity index (χ2n) is 3.29.